The molecule has 154 valence electrons. The summed E-state index contributed by atoms with van der Waals surface area (Å²) in [7, 11) is -4.09. The van der Waals surface area contributed by atoms with Crippen LogP contribution in [0.5, 0.6) is 0 Å². The van der Waals surface area contributed by atoms with Crippen LogP contribution in [0.4, 0.5) is 0 Å². The summed E-state index contributed by atoms with van der Waals surface area (Å²) in [4.78, 5) is 27.5. The van der Waals surface area contributed by atoms with Crippen LogP contribution in [0.25, 0.3) is 0 Å². The molecule has 0 unspecified atom stereocenters. The van der Waals surface area contributed by atoms with Crippen molar-refractivity contribution in [2.24, 2.45) is 0 Å². The number of aryl methyl sites for hydroxylation is 1. The standard InChI is InChI=1S/C22H26N2O4S/c1-16(2)23(15-18-7-5-4-6-8-18)22(26)20-13-14-21(25)24(20)29(27,28)19-11-9-17(3)10-12-19/h4-12,16,20H,13-15H2,1-3H3/t20-/m0/s1. The van der Waals surface area contributed by atoms with Crippen molar-refractivity contribution in [1.29, 1.82) is 0 Å². The monoisotopic (exact) mass is 414 g/mol. The number of sulfonamides is 1. The Bertz CT molecular complexity index is 985. The number of hydrogen-bond acceptors (Lipinski definition) is 4. The van der Waals surface area contributed by atoms with Gasteiger partial charge in [-0.15, -0.1) is 0 Å². The number of nitrogens with zero attached hydrogens (tertiary/aromatic N) is 2. The summed E-state index contributed by atoms with van der Waals surface area (Å²) in [5, 5.41) is 0. The van der Waals surface area contributed by atoms with Gasteiger partial charge in [0.15, 0.2) is 0 Å². The molecular formula is C22H26N2O4S. The van der Waals surface area contributed by atoms with Gasteiger partial charge < -0.3 is 4.90 Å². The number of benzene rings is 2. The third-order valence-electron chi connectivity index (χ3n) is 5.13. The first kappa shape index (κ1) is 21.0. The van der Waals surface area contributed by atoms with Gasteiger partial charge in [0.1, 0.15) is 6.04 Å². The Kier molecular flexibility index (Phi) is 6.07. The van der Waals surface area contributed by atoms with Crippen molar-refractivity contribution in [1.82, 2.24) is 9.21 Å². The summed E-state index contributed by atoms with van der Waals surface area (Å²) < 4.78 is 27.1. The Morgan fingerprint density at radius 2 is 1.72 bits per heavy atom. The minimum atomic E-state index is -4.09. The van der Waals surface area contributed by atoms with Crippen molar-refractivity contribution in [3.63, 3.8) is 0 Å². The van der Waals surface area contributed by atoms with Crippen LogP contribution < -0.4 is 0 Å². The first-order valence-electron chi connectivity index (χ1n) is 9.70. The van der Waals surface area contributed by atoms with Gasteiger partial charge in [-0.05, 0) is 44.9 Å². The molecule has 1 fully saturated rings. The highest BCUT2D eigenvalue weighted by atomic mass is 32.2. The average molecular weight is 415 g/mol. The zero-order valence-electron chi connectivity index (χ0n) is 16.9. The Balaban J connectivity index is 1.91. The lowest BCUT2D eigenvalue weighted by molar-refractivity contribution is -0.139. The van der Waals surface area contributed by atoms with Gasteiger partial charge in [-0.3, -0.25) is 9.59 Å². The first-order chi connectivity index (χ1) is 13.7. The Labute approximate surface area is 172 Å². The van der Waals surface area contributed by atoms with E-state index in [0.717, 1.165) is 15.4 Å². The zero-order valence-corrected chi connectivity index (χ0v) is 17.7. The molecule has 0 N–H and O–H groups in total. The van der Waals surface area contributed by atoms with E-state index in [1.807, 2.05) is 51.1 Å². The molecule has 2 aromatic rings. The average Bonchev–Trinajstić information content (AvgIpc) is 3.09. The quantitative estimate of drug-likeness (QED) is 0.728. The largest absolute Gasteiger partial charge is 0.334 e. The number of hydrogen-bond donors (Lipinski definition) is 0. The van der Waals surface area contributed by atoms with Crippen molar-refractivity contribution >= 4 is 21.8 Å². The van der Waals surface area contributed by atoms with Gasteiger partial charge in [-0.25, -0.2) is 12.7 Å². The molecule has 29 heavy (non-hydrogen) atoms. The fraction of sp³-hybridized carbons (Fsp3) is 0.364. The molecule has 1 saturated heterocycles. The van der Waals surface area contributed by atoms with Crippen LogP contribution >= 0.6 is 0 Å². The van der Waals surface area contributed by atoms with E-state index in [9.17, 15) is 18.0 Å². The van der Waals surface area contributed by atoms with Crippen molar-refractivity contribution in [2.45, 2.75) is 57.1 Å². The summed E-state index contributed by atoms with van der Waals surface area (Å²) in [5.74, 6) is -0.877. The Hall–Kier alpha value is -2.67. The zero-order chi connectivity index (χ0) is 21.2. The highest BCUT2D eigenvalue weighted by Gasteiger charge is 2.45. The second kappa shape index (κ2) is 8.37. The summed E-state index contributed by atoms with van der Waals surface area (Å²) in [6.07, 6.45) is 0.236. The molecule has 2 amide bonds. The van der Waals surface area contributed by atoms with Gasteiger partial charge in [0.25, 0.3) is 10.0 Å². The van der Waals surface area contributed by atoms with Crippen molar-refractivity contribution < 1.29 is 18.0 Å². The first-order valence-corrected chi connectivity index (χ1v) is 11.1. The van der Waals surface area contributed by atoms with Crippen LogP contribution in [0.2, 0.25) is 0 Å². The molecule has 1 heterocycles. The number of rotatable bonds is 6. The summed E-state index contributed by atoms with van der Waals surface area (Å²) >= 11 is 0. The smallest absolute Gasteiger partial charge is 0.267 e. The minimum Gasteiger partial charge on any atom is -0.334 e. The molecule has 6 nitrogen and oxygen atoms in total. The lowest BCUT2D eigenvalue weighted by atomic mass is 10.1. The van der Waals surface area contributed by atoms with Gasteiger partial charge >= 0.3 is 0 Å². The Morgan fingerprint density at radius 1 is 1.10 bits per heavy atom. The molecule has 0 radical (unpaired) electrons. The fourth-order valence-corrected chi connectivity index (χ4v) is 5.09. The van der Waals surface area contributed by atoms with Crippen LogP contribution in [-0.2, 0) is 26.2 Å². The molecular weight excluding hydrogens is 388 g/mol. The third kappa shape index (κ3) is 4.34. The molecule has 1 aliphatic rings. The van der Waals surface area contributed by atoms with Crippen molar-refractivity contribution in [3.05, 3.63) is 65.7 Å². The molecule has 0 aliphatic carbocycles. The number of carbonyl (C=O) groups is 2. The maximum absolute atomic E-state index is 13.3. The predicted molar refractivity (Wildman–Crippen MR) is 110 cm³/mol. The highest BCUT2D eigenvalue weighted by Crippen LogP contribution is 2.29. The lowest BCUT2D eigenvalue weighted by Crippen LogP contribution is -2.50. The van der Waals surface area contributed by atoms with E-state index in [-0.39, 0.29) is 29.7 Å². The summed E-state index contributed by atoms with van der Waals surface area (Å²) in [6, 6.07) is 14.7. The molecule has 0 spiro atoms. The van der Waals surface area contributed by atoms with E-state index in [0.29, 0.717) is 6.54 Å². The van der Waals surface area contributed by atoms with Gasteiger partial charge in [-0.1, -0.05) is 48.0 Å². The van der Waals surface area contributed by atoms with E-state index < -0.39 is 22.0 Å². The molecule has 3 rings (SSSR count). The minimum absolute atomic E-state index is 0.0234. The highest BCUT2D eigenvalue weighted by molar-refractivity contribution is 7.89. The van der Waals surface area contributed by atoms with Crippen LogP contribution in [0.1, 0.15) is 37.8 Å². The van der Waals surface area contributed by atoms with E-state index in [2.05, 4.69) is 0 Å². The summed E-state index contributed by atoms with van der Waals surface area (Å²) in [6.45, 7) is 5.99. The van der Waals surface area contributed by atoms with E-state index in [1.54, 1.807) is 17.0 Å². The predicted octanol–water partition coefficient (Wildman–Crippen LogP) is 3.11. The normalized spacial score (nSPS) is 17.0. The van der Waals surface area contributed by atoms with E-state index >= 15 is 0 Å². The van der Waals surface area contributed by atoms with Crippen LogP contribution in [0.3, 0.4) is 0 Å². The van der Waals surface area contributed by atoms with Crippen LogP contribution in [0.15, 0.2) is 59.5 Å². The van der Waals surface area contributed by atoms with Crippen LogP contribution in [0, 0.1) is 6.92 Å². The molecule has 1 atom stereocenters. The second-order valence-corrected chi connectivity index (χ2v) is 9.42. The SMILES string of the molecule is Cc1ccc(S(=O)(=O)N2C(=O)CC[C@H]2C(=O)N(Cc2ccccc2)C(C)C)cc1. The van der Waals surface area contributed by atoms with Crippen molar-refractivity contribution in [2.75, 3.05) is 0 Å². The molecule has 2 aromatic carbocycles. The molecule has 0 aromatic heterocycles. The summed E-state index contributed by atoms with van der Waals surface area (Å²) in [5.41, 5.74) is 1.87. The topological polar surface area (TPSA) is 74.8 Å². The second-order valence-electron chi connectivity index (χ2n) is 7.61. The van der Waals surface area contributed by atoms with Crippen LogP contribution in [-0.4, -0.2) is 41.5 Å². The van der Waals surface area contributed by atoms with Crippen molar-refractivity contribution in [3.8, 4) is 0 Å². The third-order valence-corrected chi connectivity index (χ3v) is 6.97. The maximum Gasteiger partial charge on any atom is 0.267 e. The number of carbonyl (C=O) groups excluding carboxylic acids is 2. The Morgan fingerprint density at radius 3 is 2.31 bits per heavy atom. The molecule has 7 heteroatoms. The maximum atomic E-state index is 13.3. The number of amides is 2. The van der Waals surface area contributed by atoms with Gasteiger partial charge in [-0.2, -0.15) is 0 Å². The van der Waals surface area contributed by atoms with E-state index in [1.165, 1.54) is 12.1 Å². The molecule has 0 saturated carbocycles. The molecule has 0 bridgehead atoms. The van der Waals surface area contributed by atoms with Gasteiger partial charge in [0, 0.05) is 19.0 Å². The molecule has 1 aliphatic heterocycles. The van der Waals surface area contributed by atoms with Gasteiger partial charge in [0.05, 0.1) is 4.90 Å². The lowest BCUT2D eigenvalue weighted by Gasteiger charge is -2.32. The fourth-order valence-electron chi connectivity index (χ4n) is 3.50. The van der Waals surface area contributed by atoms with Gasteiger partial charge in [0.2, 0.25) is 11.8 Å². The van der Waals surface area contributed by atoms with E-state index in [4.69, 9.17) is 0 Å².